The highest BCUT2D eigenvalue weighted by molar-refractivity contribution is 7.53. The first-order valence-electron chi connectivity index (χ1n) is 26.9. The van der Waals surface area contributed by atoms with Crippen LogP contribution < -0.4 is 27.0 Å². The third-order valence-corrected chi connectivity index (χ3v) is 16.0. The Hall–Kier alpha value is -7.41. The Bertz CT molecular complexity index is 2860. The highest BCUT2D eigenvalue weighted by atomic mass is 31.2. The van der Waals surface area contributed by atoms with E-state index >= 15 is 0 Å². The Morgan fingerprint density at radius 2 is 1.24 bits per heavy atom. The van der Waals surface area contributed by atoms with Gasteiger partial charge in [-0.1, -0.05) is 103 Å². The number of benzene rings is 4. The Balaban J connectivity index is 1.07. The molecule has 2 heterocycles. The molecule has 0 saturated carbocycles. The summed E-state index contributed by atoms with van der Waals surface area (Å²) < 4.78 is 41.5. The maximum absolute atomic E-state index is 14.6. The summed E-state index contributed by atoms with van der Waals surface area (Å²) in [7, 11) is -4.16. The van der Waals surface area contributed by atoms with Gasteiger partial charge in [0.25, 0.3) is 0 Å². The van der Waals surface area contributed by atoms with Crippen molar-refractivity contribution < 1.29 is 66.2 Å². The van der Waals surface area contributed by atoms with Crippen molar-refractivity contribution in [1.29, 1.82) is 0 Å². The SMILES string of the molecule is CC(C)(C)C(=O)OCOP(=O)(Cc1ccc(C[C@H](NC(=O)OCC2c3ccccc3-c3ccccc32)C(=O)N[C@H]2CCCC3CC[C@@H](C(=O)N[C@@H](CCC(N)=O)C(=O)NCc4ccccc4)N3C2=O)cc1)OCOC(=O)C(C)(C)C. The quantitative estimate of drug-likeness (QED) is 0.0216. The number of nitrogens with zero attached hydrogens (tertiary/aromatic N) is 1. The summed E-state index contributed by atoms with van der Waals surface area (Å²) in [5.41, 5.74) is 9.50. The van der Waals surface area contributed by atoms with Gasteiger partial charge < -0.3 is 46.1 Å². The summed E-state index contributed by atoms with van der Waals surface area (Å²) in [6, 6.07) is 26.5. The van der Waals surface area contributed by atoms with E-state index in [9.17, 15) is 42.9 Å². The number of esters is 2. The molecule has 428 valence electrons. The number of amides is 6. The Labute approximate surface area is 466 Å². The van der Waals surface area contributed by atoms with Crippen molar-refractivity contribution in [3.05, 3.63) is 131 Å². The molecule has 0 radical (unpaired) electrons. The molecule has 0 bridgehead atoms. The van der Waals surface area contributed by atoms with Crippen LogP contribution in [-0.2, 0) is 80.5 Å². The van der Waals surface area contributed by atoms with Crippen molar-refractivity contribution in [1.82, 2.24) is 26.2 Å². The largest absolute Gasteiger partial charge is 0.449 e. The maximum Gasteiger partial charge on any atom is 0.407 e. The first-order chi connectivity index (χ1) is 38.0. The molecule has 80 heavy (non-hydrogen) atoms. The number of carbonyl (C=O) groups excluding carboxylic acids is 8. The van der Waals surface area contributed by atoms with Gasteiger partial charge in [0.05, 0.1) is 17.0 Å². The van der Waals surface area contributed by atoms with Gasteiger partial charge in [-0.15, -0.1) is 0 Å². The van der Waals surface area contributed by atoms with Gasteiger partial charge in [0.2, 0.25) is 43.1 Å². The minimum absolute atomic E-state index is 0.0448. The van der Waals surface area contributed by atoms with Gasteiger partial charge in [0.15, 0.2) is 0 Å². The van der Waals surface area contributed by atoms with Crippen LogP contribution in [0.2, 0.25) is 0 Å². The molecule has 6 amide bonds. The highest BCUT2D eigenvalue weighted by Gasteiger charge is 2.46. The number of fused-ring (bicyclic) bond motifs is 4. The van der Waals surface area contributed by atoms with Crippen LogP contribution in [0.1, 0.15) is 120 Å². The molecule has 0 spiro atoms. The van der Waals surface area contributed by atoms with E-state index in [0.29, 0.717) is 36.8 Å². The minimum Gasteiger partial charge on any atom is -0.449 e. The molecule has 2 saturated heterocycles. The summed E-state index contributed by atoms with van der Waals surface area (Å²) >= 11 is 0. The molecule has 2 aliphatic heterocycles. The van der Waals surface area contributed by atoms with E-state index in [4.69, 9.17) is 29.0 Å². The number of alkyl carbamates (subject to hydrolysis) is 1. The second-order valence-corrected chi connectivity index (χ2v) is 24.5. The number of ether oxygens (including phenoxy) is 3. The van der Waals surface area contributed by atoms with E-state index < -0.39 is 104 Å². The minimum atomic E-state index is -4.16. The summed E-state index contributed by atoms with van der Waals surface area (Å²) in [6.07, 6.45) is 0.518. The summed E-state index contributed by atoms with van der Waals surface area (Å²) in [6.45, 7) is 8.57. The fourth-order valence-electron chi connectivity index (χ4n) is 9.87. The van der Waals surface area contributed by atoms with Gasteiger partial charge in [-0.3, -0.25) is 47.2 Å². The van der Waals surface area contributed by atoms with E-state index in [1.165, 1.54) is 4.90 Å². The van der Waals surface area contributed by atoms with Gasteiger partial charge in [0, 0.05) is 31.3 Å². The fourth-order valence-corrected chi connectivity index (χ4v) is 11.2. The van der Waals surface area contributed by atoms with Crippen molar-refractivity contribution in [3.8, 4) is 11.1 Å². The van der Waals surface area contributed by atoms with E-state index in [1.54, 1.807) is 65.8 Å². The van der Waals surface area contributed by atoms with E-state index in [2.05, 4.69) is 21.3 Å². The van der Waals surface area contributed by atoms with Crippen LogP contribution in [0, 0.1) is 10.8 Å². The highest BCUT2D eigenvalue weighted by Crippen LogP contribution is 2.52. The molecule has 1 unspecified atom stereocenters. The average molecular weight is 1120 g/mol. The summed E-state index contributed by atoms with van der Waals surface area (Å²) in [5.74, 6) is -4.47. The molecule has 2 fully saturated rings. The van der Waals surface area contributed by atoms with Crippen LogP contribution in [0.4, 0.5) is 4.79 Å². The zero-order chi connectivity index (χ0) is 57.8. The normalized spacial score (nSPS) is 17.8. The molecule has 7 rings (SSSR count). The number of rotatable bonds is 23. The van der Waals surface area contributed by atoms with Gasteiger partial charge in [-0.2, -0.15) is 0 Å². The van der Waals surface area contributed by atoms with Crippen LogP contribution in [-0.4, -0.2) is 103 Å². The number of nitrogens with two attached hydrogens (primary N) is 1. The van der Waals surface area contributed by atoms with Gasteiger partial charge in [0.1, 0.15) is 30.8 Å². The van der Waals surface area contributed by atoms with Crippen molar-refractivity contribution in [2.45, 2.75) is 142 Å². The molecule has 3 aliphatic rings. The third-order valence-electron chi connectivity index (χ3n) is 14.2. The summed E-state index contributed by atoms with van der Waals surface area (Å²) in [4.78, 5) is 109. The monoisotopic (exact) mass is 1120 g/mol. The lowest BCUT2D eigenvalue weighted by atomic mass is 9.98. The summed E-state index contributed by atoms with van der Waals surface area (Å²) in [5, 5.41) is 11.2. The second-order valence-electron chi connectivity index (χ2n) is 22.4. The van der Waals surface area contributed by atoms with Crippen molar-refractivity contribution >= 4 is 55.2 Å². The average Bonchev–Trinajstić information content (AvgIpc) is 3.99. The number of hydrogen-bond donors (Lipinski definition) is 5. The maximum atomic E-state index is 14.6. The molecular formula is C59H73N6O14P. The van der Waals surface area contributed by atoms with Crippen LogP contribution in [0.3, 0.4) is 0 Å². The number of nitrogens with one attached hydrogen (secondary N) is 4. The lowest BCUT2D eigenvalue weighted by molar-refractivity contribution is -0.162. The molecule has 4 aromatic carbocycles. The lowest BCUT2D eigenvalue weighted by Crippen LogP contribution is -2.58. The molecule has 6 N–H and O–H groups in total. The molecule has 0 aromatic heterocycles. The van der Waals surface area contributed by atoms with Crippen LogP contribution >= 0.6 is 7.60 Å². The van der Waals surface area contributed by atoms with Crippen molar-refractivity contribution in [3.63, 3.8) is 0 Å². The van der Waals surface area contributed by atoms with Crippen LogP contribution in [0.25, 0.3) is 11.1 Å². The molecule has 5 atom stereocenters. The number of hydrogen-bond acceptors (Lipinski definition) is 14. The first kappa shape index (κ1) is 60.2. The van der Waals surface area contributed by atoms with Gasteiger partial charge in [-0.05, 0) is 119 Å². The number of carbonyl (C=O) groups is 8. The van der Waals surface area contributed by atoms with Crippen molar-refractivity contribution in [2.24, 2.45) is 16.6 Å². The second kappa shape index (κ2) is 26.7. The molecular weight excluding hydrogens is 1050 g/mol. The van der Waals surface area contributed by atoms with Crippen LogP contribution in [0.5, 0.6) is 0 Å². The standard InChI is InChI=1S/C59H73N6O14P/c1-58(2,3)55(71)76-35-78-80(74,79-36-77-56(72)59(4,5)6)34-39-25-23-37(24-26-39)31-48(64-57(73)75-33-45-43-20-12-10-18-41(43)42-19-11-13-21-44(42)45)52(68)63-47-22-14-17-40-27-29-49(65(40)54(47)70)53(69)62-46(28-30-50(60)66)51(67)61-32-38-15-8-7-9-16-38/h7-13,15-16,18-21,23-26,40,45-49H,14,17,22,27-36H2,1-6H3,(H2,60,66)(H,61,67)(H,62,69)(H,63,68)(H,64,73)/t40?,46-,47-,48-,49-/m0/s1. The molecule has 1 aliphatic carbocycles. The number of primary amides is 1. The smallest absolute Gasteiger partial charge is 0.407 e. The Kier molecular flexibility index (Phi) is 20.1. The predicted molar refractivity (Wildman–Crippen MR) is 295 cm³/mol. The van der Waals surface area contributed by atoms with Gasteiger partial charge >= 0.3 is 25.6 Å². The molecule has 20 nitrogen and oxygen atoms in total. The van der Waals surface area contributed by atoms with E-state index in [1.807, 2.05) is 78.9 Å². The topological polar surface area (TPSA) is 277 Å². The Morgan fingerprint density at radius 1 is 0.662 bits per heavy atom. The Morgan fingerprint density at radius 3 is 1.82 bits per heavy atom. The molecule has 4 aromatic rings. The van der Waals surface area contributed by atoms with Gasteiger partial charge in [-0.25, -0.2) is 4.79 Å². The predicted octanol–water partition coefficient (Wildman–Crippen LogP) is 7.05. The van der Waals surface area contributed by atoms with E-state index in [0.717, 1.165) is 27.8 Å². The fraction of sp³-hybridized carbons (Fsp3) is 0.458. The van der Waals surface area contributed by atoms with Crippen molar-refractivity contribution in [2.75, 3.05) is 20.2 Å². The molecule has 21 heteroatoms. The first-order valence-corrected chi connectivity index (χ1v) is 28.7. The third kappa shape index (κ3) is 16.1. The zero-order valence-electron chi connectivity index (χ0n) is 46.2. The van der Waals surface area contributed by atoms with E-state index in [-0.39, 0.29) is 57.0 Å². The zero-order valence-corrected chi connectivity index (χ0v) is 47.1. The lowest BCUT2D eigenvalue weighted by Gasteiger charge is -2.32. The van der Waals surface area contributed by atoms with Crippen LogP contribution in [0.15, 0.2) is 103 Å².